The molecule has 1 N–H and O–H groups in total. The van der Waals surface area contributed by atoms with Crippen molar-refractivity contribution in [3.63, 3.8) is 0 Å². The van der Waals surface area contributed by atoms with Crippen LogP contribution in [0.25, 0.3) is 0 Å². The molecule has 0 spiro atoms. The number of amides is 1. The molecule has 7 nitrogen and oxygen atoms in total. The van der Waals surface area contributed by atoms with E-state index in [4.69, 9.17) is 4.74 Å². The van der Waals surface area contributed by atoms with Crippen molar-refractivity contribution in [2.45, 2.75) is 35.8 Å². The molecule has 8 heteroatoms. The molecule has 2 aliphatic rings. The van der Waals surface area contributed by atoms with Gasteiger partial charge in [0.1, 0.15) is 5.82 Å². The maximum Gasteiger partial charge on any atom is 0.259 e. The Kier molecular flexibility index (Phi) is 5.82. The second-order valence-corrected chi connectivity index (χ2v) is 9.64. The molecule has 1 saturated heterocycles. The third kappa shape index (κ3) is 4.28. The van der Waals surface area contributed by atoms with E-state index >= 15 is 0 Å². The van der Waals surface area contributed by atoms with E-state index in [1.807, 2.05) is 4.90 Å². The first-order valence-electron chi connectivity index (χ1n) is 9.99. The minimum atomic E-state index is -3.37. The maximum absolute atomic E-state index is 12.9. The van der Waals surface area contributed by atoms with Gasteiger partial charge in [0.2, 0.25) is 0 Å². The number of nitrogens with zero attached hydrogens (tertiary/aromatic N) is 2. The average molecular weight is 416 g/mol. The lowest BCUT2D eigenvalue weighted by Gasteiger charge is -2.29. The highest BCUT2D eigenvalue weighted by Gasteiger charge is 2.30. The lowest BCUT2D eigenvalue weighted by molar-refractivity contribution is 0.102. The number of morpholine rings is 1. The van der Waals surface area contributed by atoms with Gasteiger partial charge in [0, 0.05) is 25.0 Å². The van der Waals surface area contributed by atoms with Crippen LogP contribution in [0, 0.1) is 0 Å². The van der Waals surface area contributed by atoms with Crippen LogP contribution in [0.2, 0.25) is 0 Å². The number of sulfone groups is 1. The molecular formula is C21H25N3O4S. The molecule has 1 amide bonds. The monoisotopic (exact) mass is 415 g/mol. The van der Waals surface area contributed by atoms with Crippen molar-refractivity contribution in [2.75, 3.05) is 36.5 Å². The number of pyridine rings is 1. The average Bonchev–Trinajstić information content (AvgIpc) is 3.30. The van der Waals surface area contributed by atoms with Gasteiger partial charge in [-0.25, -0.2) is 13.4 Å². The van der Waals surface area contributed by atoms with Crippen LogP contribution in [0.15, 0.2) is 47.5 Å². The Morgan fingerprint density at radius 1 is 1.10 bits per heavy atom. The zero-order valence-electron chi connectivity index (χ0n) is 16.2. The molecule has 1 aromatic heterocycles. The van der Waals surface area contributed by atoms with Crippen LogP contribution in [0.1, 0.15) is 36.0 Å². The number of carbonyl (C=O) groups is 1. The van der Waals surface area contributed by atoms with Crippen molar-refractivity contribution in [1.82, 2.24) is 4.98 Å². The van der Waals surface area contributed by atoms with E-state index in [9.17, 15) is 13.2 Å². The third-order valence-corrected chi connectivity index (χ3v) is 7.76. The lowest BCUT2D eigenvalue weighted by Crippen LogP contribution is -2.38. The van der Waals surface area contributed by atoms with E-state index in [1.165, 1.54) is 0 Å². The van der Waals surface area contributed by atoms with Gasteiger partial charge in [0.25, 0.3) is 5.91 Å². The molecule has 0 bridgehead atoms. The van der Waals surface area contributed by atoms with Gasteiger partial charge in [-0.05, 0) is 43.2 Å². The molecule has 0 atom stereocenters. The predicted molar refractivity (Wildman–Crippen MR) is 111 cm³/mol. The second kappa shape index (κ2) is 8.51. The van der Waals surface area contributed by atoms with Gasteiger partial charge in [0.05, 0.1) is 28.9 Å². The summed E-state index contributed by atoms with van der Waals surface area (Å²) in [5.74, 6) is 0.304. The molecule has 29 heavy (non-hydrogen) atoms. The SMILES string of the molecule is O=C(Nc1cccc(S(=O)(=O)C2CCCC2)c1)c1cccnc1N1CCOCC1. The maximum atomic E-state index is 12.9. The molecule has 0 radical (unpaired) electrons. The van der Waals surface area contributed by atoms with E-state index < -0.39 is 9.84 Å². The Morgan fingerprint density at radius 3 is 2.62 bits per heavy atom. The van der Waals surface area contributed by atoms with Gasteiger partial charge in [-0.1, -0.05) is 18.9 Å². The highest BCUT2D eigenvalue weighted by Crippen LogP contribution is 2.30. The normalized spacial score (nSPS) is 18.0. The number of hydrogen-bond donors (Lipinski definition) is 1. The fourth-order valence-electron chi connectivity index (χ4n) is 3.94. The molecule has 0 unspecified atom stereocenters. The quantitative estimate of drug-likeness (QED) is 0.808. The van der Waals surface area contributed by atoms with Crippen LogP contribution in [-0.2, 0) is 14.6 Å². The topological polar surface area (TPSA) is 88.6 Å². The third-order valence-electron chi connectivity index (χ3n) is 5.50. The van der Waals surface area contributed by atoms with Crippen molar-refractivity contribution in [2.24, 2.45) is 0 Å². The molecule has 1 saturated carbocycles. The molecule has 1 aromatic carbocycles. The summed E-state index contributed by atoms with van der Waals surface area (Å²) in [5, 5.41) is 2.52. The molecule has 2 aromatic rings. The standard InChI is InChI=1S/C21H25N3O4S/c25-21(19-9-4-10-22-20(19)24-11-13-28-14-12-24)23-16-5-3-8-18(15-16)29(26,27)17-6-1-2-7-17/h3-5,8-10,15,17H,1-2,6-7,11-14H2,(H,23,25). The van der Waals surface area contributed by atoms with Crippen LogP contribution in [-0.4, -0.2) is 50.9 Å². The van der Waals surface area contributed by atoms with Gasteiger partial charge in [-0.2, -0.15) is 0 Å². The van der Waals surface area contributed by atoms with Crippen LogP contribution >= 0.6 is 0 Å². The van der Waals surface area contributed by atoms with E-state index in [-0.39, 0.29) is 16.1 Å². The van der Waals surface area contributed by atoms with Crippen molar-refractivity contribution < 1.29 is 17.9 Å². The fourth-order valence-corrected chi connectivity index (χ4v) is 5.84. The van der Waals surface area contributed by atoms with Crippen molar-refractivity contribution in [3.8, 4) is 0 Å². The predicted octanol–water partition coefficient (Wildman–Crippen LogP) is 2.89. The van der Waals surface area contributed by atoms with Crippen molar-refractivity contribution in [1.29, 1.82) is 0 Å². The van der Waals surface area contributed by atoms with Crippen LogP contribution in [0.3, 0.4) is 0 Å². The second-order valence-electron chi connectivity index (χ2n) is 7.41. The minimum absolute atomic E-state index is 0.266. The first kappa shape index (κ1) is 19.8. The Labute approximate surface area is 171 Å². The number of nitrogens with one attached hydrogen (secondary N) is 1. The molecule has 2 fully saturated rings. The number of hydrogen-bond acceptors (Lipinski definition) is 6. The van der Waals surface area contributed by atoms with Crippen molar-refractivity contribution >= 4 is 27.2 Å². The minimum Gasteiger partial charge on any atom is -0.378 e. The van der Waals surface area contributed by atoms with Crippen LogP contribution in [0.5, 0.6) is 0 Å². The van der Waals surface area contributed by atoms with Crippen LogP contribution < -0.4 is 10.2 Å². The smallest absolute Gasteiger partial charge is 0.259 e. The fraction of sp³-hybridized carbons (Fsp3) is 0.429. The number of benzene rings is 1. The summed E-state index contributed by atoms with van der Waals surface area (Å²) in [5.41, 5.74) is 0.921. The Hall–Kier alpha value is -2.45. The van der Waals surface area contributed by atoms with Gasteiger partial charge in [-0.15, -0.1) is 0 Å². The number of anilines is 2. The number of ether oxygens (including phenoxy) is 1. The van der Waals surface area contributed by atoms with Crippen molar-refractivity contribution in [3.05, 3.63) is 48.2 Å². The van der Waals surface area contributed by atoms with E-state index in [1.54, 1.807) is 42.6 Å². The van der Waals surface area contributed by atoms with Gasteiger partial charge in [-0.3, -0.25) is 4.79 Å². The number of carbonyl (C=O) groups excluding carboxylic acids is 1. The van der Waals surface area contributed by atoms with Gasteiger partial charge in [0.15, 0.2) is 9.84 Å². The molecule has 1 aliphatic heterocycles. The summed E-state index contributed by atoms with van der Waals surface area (Å²) in [6, 6.07) is 9.98. The Balaban J connectivity index is 1.55. The van der Waals surface area contributed by atoms with E-state index in [2.05, 4.69) is 10.3 Å². The number of aromatic nitrogens is 1. The van der Waals surface area contributed by atoms with Crippen LogP contribution in [0.4, 0.5) is 11.5 Å². The zero-order chi connectivity index (χ0) is 20.3. The first-order valence-corrected chi connectivity index (χ1v) is 11.5. The summed E-state index contributed by atoms with van der Waals surface area (Å²) in [6.07, 6.45) is 4.97. The molecule has 4 rings (SSSR count). The molecule has 1 aliphatic carbocycles. The highest BCUT2D eigenvalue weighted by molar-refractivity contribution is 7.92. The lowest BCUT2D eigenvalue weighted by atomic mass is 10.2. The first-order chi connectivity index (χ1) is 14.1. The van der Waals surface area contributed by atoms with Gasteiger partial charge < -0.3 is 15.0 Å². The summed E-state index contributed by atoms with van der Waals surface area (Å²) >= 11 is 0. The summed E-state index contributed by atoms with van der Waals surface area (Å²) < 4.78 is 31.1. The summed E-state index contributed by atoms with van der Waals surface area (Å²) in [6.45, 7) is 2.54. The Bertz CT molecular complexity index is 981. The molecular weight excluding hydrogens is 390 g/mol. The molecule has 154 valence electrons. The number of rotatable bonds is 5. The van der Waals surface area contributed by atoms with E-state index in [0.717, 1.165) is 12.8 Å². The Morgan fingerprint density at radius 2 is 1.86 bits per heavy atom. The largest absolute Gasteiger partial charge is 0.378 e. The van der Waals surface area contributed by atoms with E-state index in [0.29, 0.717) is 56.2 Å². The van der Waals surface area contributed by atoms with Gasteiger partial charge >= 0.3 is 0 Å². The highest BCUT2D eigenvalue weighted by atomic mass is 32.2. The molecule has 2 heterocycles. The summed E-state index contributed by atoms with van der Waals surface area (Å²) in [4.78, 5) is 19.6. The zero-order valence-corrected chi connectivity index (χ0v) is 17.0. The summed E-state index contributed by atoms with van der Waals surface area (Å²) in [7, 11) is -3.37.